The average Bonchev–Trinajstić information content (AvgIpc) is 2.51. The molecule has 0 spiro atoms. The zero-order valence-corrected chi connectivity index (χ0v) is 14.4. The minimum atomic E-state index is 1.13. The van der Waals surface area contributed by atoms with Crippen LogP contribution >= 0.6 is 0 Å². The molecule has 0 bridgehead atoms. The minimum Gasteiger partial charge on any atom is -0.385 e. The molecular weight excluding hydrogens is 244 g/mol. The second kappa shape index (κ2) is 11.8. The van der Waals surface area contributed by atoms with Crippen molar-refractivity contribution in [3.05, 3.63) is 29.3 Å². The second-order valence-electron chi connectivity index (χ2n) is 4.93. The van der Waals surface area contributed by atoms with Gasteiger partial charge in [-0.1, -0.05) is 39.8 Å². The fraction of sp³-hybridized carbons (Fsp3) is 0.667. The van der Waals surface area contributed by atoms with Crippen LogP contribution in [0.2, 0.25) is 0 Å². The number of nitrogens with one attached hydrogen (secondary N) is 1. The second-order valence-corrected chi connectivity index (χ2v) is 4.93. The summed E-state index contributed by atoms with van der Waals surface area (Å²) in [6.45, 7) is 10.3. The normalized spacial score (nSPS) is 12.3. The summed E-state index contributed by atoms with van der Waals surface area (Å²) in [5.41, 5.74) is 4.35. The molecule has 2 rings (SSSR count). The van der Waals surface area contributed by atoms with Crippen molar-refractivity contribution in [2.75, 3.05) is 32.5 Å². The topological polar surface area (TPSA) is 15.3 Å². The highest BCUT2D eigenvalue weighted by Crippen LogP contribution is 2.23. The first-order valence-corrected chi connectivity index (χ1v) is 8.26. The number of fused-ring (bicyclic) bond motifs is 1. The van der Waals surface area contributed by atoms with Gasteiger partial charge in [-0.15, -0.1) is 0 Å². The van der Waals surface area contributed by atoms with E-state index in [0.29, 0.717) is 0 Å². The highest BCUT2D eigenvalue weighted by atomic mass is 15.0. The Kier molecular flexibility index (Phi) is 11.2. The Bertz CT molecular complexity index is 345. The lowest BCUT2D eigenvalue weighted by molar-refractivity contribution is 0.400. The van der Waals surface area contributed by atoms with E-state index < -0.39 is 0 Å². The van der Waals surface area contributed by atoms with E-state index in [1.807, 2.05) is 27.7 Å². The number of rotatable bonds is 4. The third kappa shape index (κ3) is 6.95. The van der Waals surface area contributed by atoms with Crippen LogP contribution in [-0.2, 0) is 12.8 Å². The molecule has 1 aromatic rings. The van der Waals surface area contributed by atoms with Crippen molar-refractivity contribution in [3.8, 4) is 0 Å². The van der Waals surface area contributed by atoms with E-state index in [4.69, 9.17) is 0 Å². The lowest BCUT2D eigenvalue weighted by Gasteiger charge is -2.18. The van der Waals surface area contributed by atoms with Crippen molar-refractivity contribution < 1.29 is 0 Å². The Morgan fingerprint density at radius 3 is 2.45 bits per heavy atom. The maximum absolute atomic E-state index is 3.46. The summed E-state index contributed by atoms with van der Waals surface area (Å²) in [7, 11) is 4.27. The van der Waals surface area contributed by atoms with Crippen LogP contribution in [0.5, 0.6) is 0 Å². The van der Waals surface area contributed by atoms with E-state index in [0.717, 1.165) is 6.54 Å². The SMILES string of the molecule is CC.CC.CN(C)CCCc1ccc2c(c1)CCCN2. The van der Waals surface area contributed by atoms with Crippen LogP contribution in [0.1, 0.15) is 51.7 Å². The van der Waals surface area contributed by atoms with E-state index in [2.05, 4.69) is 42.5 Å². The van der Waals surface area contributed by atoms with Crippen LogP contribution in [0, 0.1) is 0 Å². The minimum absolute atomic E-state index is 1.13. The first kappa shape index (κ1) is 19.0. The Balaban J connectivity index is 0.000000829. The van der Waals surface area contributed by atoms with Gasteiger partial charge in [0.2, 0.25) is 0 Å². The van der Waals surface area contributed by atoms with Crippen molar-refractivity contribution >= 4 is 5.69 Å². The molecule has 0 amide bonds. The Morgan fingerprint density at radius 1 is 1.10 bits per heavy atom. The summed E-state index contributed by atoms with van der Waals surface area (Å²) in [6.07, 6.45) is 4.96. The maximum atomic E-state index is 3.46. The van der Waals surface area contributed by atoms with Crippen LogP contribution < -0.4 is 5.32 Å². The average molecular weight is 278 g/mol. The predicted molar refractivity (Wildman–Crippen MR) is 92.8 cm³/mol. The van der Waals surface area contributed by atoms with Gasteiger partial charge in [0.1, 0.15) is 0 Å². The van der Waals surface area contributed by atoms with Gasteiger partial charge in [-0.05, 0) is 63.5 Å². The van der Waals surface area contributed by atoms with Gasteiger partial charge in [-0.3, -0.25) is 0 Å². The van der Waals surface area contributed by atoms with Crippen molar-refractivity contribution in [1.29, 1.82) is 0 Å². The molecule has 0 aromatic heterocycles. The fourth-order valence-corrected chi connectivity index (χ4v) is 2.28. The fourth-order valence-electron chi connectivity index (χ4n) is 2.28. The molecule has 0 unspecified atom stereocenters. The van der Waals surface area contributed by atoms with E-state index in [9.17, 15) is 0 Å². The molecular formula is C18H34N2. The van der Waals surface area contributed by atoms with E-state index in [1.54, 1.807) is 0 Å². The van der Waals surface area contributed by atoms with Crippen LogP contribution in [0.15, 0.2) is 18.2 Å². The van der Waals surface area contributed by atoms with Crippen molar-refractivity contribution in [1.82, 2.24) is 4.90 Å². The third-order valence-electron chi connectivity index (χ3n) is 3.18. The molecule has 20 heavy (non-hydrogen) atoms. The van der Waals surface area contributed by atoms with E-state index in [1.165, 1.54) is 49.0 Å². The molecule has 0 fully saturated rings. The van der Waals surface area contributed by atoms with Gasteiger partial charge in [0.15, 0.2) is 0 Å². The Hall–Kier alpha value is -1.02. The smallest absolute Gasteiger partial charge is 0.0372 e. The molecule has 1 aromatic carbocycles. The van der Waals surface area contributed by atoms with Gasteiger partial charge in [-0.2, -0.15) is 0 Å². The largest absolute Gasteiger partial charge is 0.385 e. The van der Waals surface area contributed by atoms with Crippen molar-refractivity contribution in [2.45, 2.75) is 53.4 Å². The summed E-state index contributed by atoms with van der Waals surface area (Å²) < 4.78 is 0. The molecule has 0 aliphatic carbocycles. The van der Waals surface area contributed by atoms with Gasteiger partial charge >= 0.3 is 0 Å². The highest BCUT2D eigenvalue weighted by molar-refractivity contribution is 5.54. The van der Waals surface area contributed by atoms with Crippen molar-refractivity contribution in [2.24, 2.45) is 0 Å². The molecule has 0 atom stereocenters. The quantitative estimate of drug-likeness (QED) is 0.866. The monoisotopic (exact) mass is 278 g/mol. The molecule has 0 radical (unpaired) electrons. The first-order valence-electron chi connectivity index (χ1n) is 8.26. The summed E-state index contributed by atoms with van der Waals surface area (Å²) in [5.74, 6) is 0. The van der Waals surface area contributed by atoms with E-state index >= 15 is 0 Å². The molecule has 1 aliphatic rings. The van der Waals surface area contributed by atoms with Gasteiger partial charge in [0, 0.05) is 12.2 Å². The predicted octanol–water partition coefficient (Wildman–Crippen LogP) is 4.59. The molecule has 1 heterocycles. The number of hydrogen-bond acceptors (Lipinski definition) is 2. The first-order chi connectivity index (χ1) is 9.75. The molecule has 0 saturated heterocycles. The molecule has 1 aliphatic heterocycles. The summed E-state index contributed by atoms with van der Waals surface area (Å²) >= 11 is 0. The lowest BCUT2D eigenvalue weighted by atomic mass is 9.99. The van der Waals surface area contributed by atoms with Gasteiger partial charge in [0.25, 0.3) is 0 Å². The third-order valence-corrected chi connectivity index (χ3v) is 3.18. The highest BCUT2D eigenvalue weighted by Gasteiger charge is 2.08. The Labute approximate surface area is 126 Å². The van der Waals surface area contributed by atoms with Crippen LogP contribution in [0.4, 0.5) is 5.69 Å². The number of aryl methyl sites for hydroxylation is 2. The molecule has 116 valence electrons. The summed E-state index contributed by atoms with van der Waals surface area (Å²) in [6, 6.07) is 6.91. The number of hydrogen-bond donors (Lipinski definition) is 1. The zero-order chi connectivity index (χ0) is 15.4. The molecule has 2 nitrogen and oxygen atoms in total. The Morgan fingerprint density at radius 2 is 1.80 bits per heavy atom. The van der Waals surface area contributed by atoms with Crippen LogP contribution in [0.3, 0.4) is 0 Å². The van der Waals surface area contributed by atoms with Crippen LogP contribution in [-0.4, -0.2) is 32.1 Å². The standard InChI is InChI=1S/C14H22N2.2C2H6/c1-16(2)10-4-5-12-7-8-14-13(11-12)6-3-9-15-14;2*1-2/h7-8,11,15H,3-6,9-10H2,1-2H3;2*1-2H3. The summed E-state index contributed by atoms with van der Waals surface area (Å²) in [5, 5.41) is 3.46. The lowest BCUT2D eigenvalue weighted by Crippen LogP contribution is -2.14. The van der Waals surface area contributed by atoms with Crippen LogP contribution in [0.25, 0.3) is 0 Å². The number of benzene rings is 1. The van der Waals surface area contributed by atoms with E-state index in [-0.39, 0.29) is 0 Å². The molecule has 0 saturated carbocycles. The molecule has 1 N–H and O–H groups in total. The summed E-state index contributed by atoms with van der Waals surface area (Å²) in [4.78, 5) is 2.25. The number of anilines is 1. The maximum Gasteiger partial charge on any atom is 0.0372 e. The zero-order valence-electron chi connectivity index (χ0n) is 14.4. The van der Waals surface area contributed by atoms with Gasteiger partial charge in [-0.25, -0.2) is 0 Å². The van der Waals surface area contributed by atoms with Gasteiger partial charge in [0.05, 0.1) is 0 Å². The van der Waals surface area contributed by atoms with Crippen molar-refractivity contribution in [3.63, 3.8) is 0 Å². The van der Waals surface area contributed by atoms with Gasteiger partial charge < -0.3 is 10.2 Å². The number of nitrogens with zero attached hydrogens (tertiary/aromatic N) is 1. The molecule has 2 heteroatoms.